The molecule has 0 bridgehead atoms. The number of hydrogen-bond donors (Lipinski definition) is 0. The van der Waals surface area contributed by atoms with Gasteiger partial charge < -0.3 is 8.83 Å². The molecule has 0 aliphatic rings. The Hall–Kier alpha value is -2.07. The monoisotopic (exact) mass is 247 g/mol. The molecule has 0 fully saturated rings. The lowest BCUT2D eigenvalue weighted by Crippen LogP contribution is -2.06. The summed E-state index contributed by atoms with van der Waals surface area (Å²) in [5.74, 6) is 0.235. The van der Waals surface area contributed by atoms with E-state index in [0.717, 1.165) is 0 Å². The molecule has 3 aromatic rings. The maximum absolute atomic E-state index is 11.8. The van der Waals surface area contributed by atoms with E-state index < -0.39 is 0 Å². The molecule has 0 atom stereocenters. The van der Waals surface area contributed by atoms with Gasteiger partial charge in [0.1, 0.15) is 11.8 Å². The highest BCUT2D eigenvalue weighted by atomic mass is 35.5. The first-order chi connectivity index (χ1) is 8.24. The summed E-state index contributed by atoms with van der Waals surface area (Å²) in [6, 6.07) is 6.51. The Labute approximate surface area is 100 Å². The first-order valence-electron chi connectivity index (χ1n) is 4.87. The van der Waals surface area contributed by atoms with Gasteiger partial charge in [-0.25, -0.2) is 0 Å². The number of nitrogens with zero attached hydrogens (tertiary/aromatic N) is 1. The van der Waals surface area contributed by atoms with Crippen LogP contribution in [0, 0.1) is 0 Å². The quantitative estimate of drug-likeness (QED) is 0.663. The van der Waals surface area contributed by atoms with Crippen molar-refractivity contribution >= 4 is 22.6 Å². The molecule has 5 heteroatoms. The Morgan fingerprint density at radius 3 is 2.88 bits per heavy atom. The Morgan fingerprint density at radius 1 is 1.24 bits per heavy atom. The molecule has 17 heavy (non-hydrogen) atoms. The third-order valence-electron chi connectivity index (χ3n) is 2.35. The van der Waals surface area contributed by atoms with E-state index in [1.807, 2.05) is 0 Å². The average Bonchev–Trinajstić information content (AvgIpc) is 2.83. The van der Waals surface area contributed by atoms with E-state index in [9.17, 15) is 4.79 Å². The molecule has 1 aromatic carbocycles. The van der Waals surface area contributed by atoms with Gasteiger partial charge in [-0.2, -0.15) is 4.98 Å². The van der Waals surface area contributed by atoms with E-state index in [2.05, 4.69) is 4.98 Å². The minimum Gasteiger partial charge on any atom is -0.472 e. The van der Waals surface area contributed by atoms with Gasteiger partial charge in [0, 0.05) is 5.02 Å². The van der Waals surface area contributed by atoms with Crippen molar-refractivity contribution < 1.29 is 8.83 Å². The Bertz CT molecular complexity index is 731. The zero-order chi connectivity index (χ0) is 11.8. The standard InChI is InChI=1S/C12H6ClNO3/c13-8-1-2-10-9(5-8)11(15)14-12(17-10)7-3-4-16-6-7/h1-6H. The fraction of sp³-hybridized carbons (Fsp3) is 0. The molecule has 0 aliphatic carbocycles. The van der Waals surface area contributed by atoms with Crippen LogP contribution in [0.15, 0.2) is 50.4 Å². The van der Waals surface area contributed by atoms with Crippen LogP contribution in [0.2, 0.25) is 5.02 Å². The highest BCUT2D eigenvalue weighted by Crippen LogP contribution is 2.22. The molecule has 2 aromatic heterocycles. The second kappa shape index (κ2) is 3.75. The lowest BCUT2D eigenvalue weighted by atomic mass is 10.2. The fourth-order valence-electron chi connectivity index (χ4n) is 1.55. The van der Waals surface area contributed by atoms with E-state index in [1.54, 1.807) is 18.2 Å². The first kappa shape index (κ1) is 10.1. The molecule has 0 radical (unpaired) electrons. The predicted octanol–water partition coefficient (Wildman–Crippen LogP) is 3.10. The van der Waals surface area contributed by atoms with Crippen LogP contribution >= 0.6 is 11.6 Å². The van der Waals surface area contributed by atoms with Gasteiger partial charge in [0.15, 0.2) is 0 Å². The van der Waals surface area contributed by atoms with Crippen molar-refractivity contribution in [2.45, 2.75) is 0 Å². The maximum atomic E-state index is 11.8. The van der Waals surface area contributed by atoms with E-state index in [-0.39, 0.29) is 11.4 Å². The molecular weight excluding hydrogens is 242 g/mol. The fourth-order valence-corrected chi connectivity index (χ4v) is 1.72. The van der Waals surface area contributed by atoms with Crippen molar-refractivity contribution in [3.8, 4) is 11.5 Å². The third-order valence-corrected chi connectivity index (χ3v) is 2.58. The molecular formula is C12H6ClNO3. The summed E-state index contributed by atoms with van der Waals surface area (Å²) >= 11 is 5.81. The molecule has 0 aliphatic heterocycles. The number of fused-ring (bicyclic) bond motifs is 1. The van der Waals surface area contributed by atoms with Crippen LogP contribution in [0.1, 0.15) is 0 Å². The summed E-state index contributed by atoms with van der Waals surface area (Å²) in [4.78, 5) is 15.6. The SMILES string of the molecule is O=c1nc(-c2ccoc2)oc2ccc(Cl)cc12. The molecule has 0 saturated heterocycles. The normalized spacial score (nSPS) is 10.9. The molecule has 0 amide bonds. The summed E-state index contributed by atoms with van der Waals surface area (Å²) in [6.45, 7) is 0. The first-order valence-corrected chi connectivity index (χ1v) is 5.25. The summed E-state index contributed by atoms with van der Waals surface area (Å²) in [7, 11) is 0. The van der Waals surface area contributed by atoms with Gasteiger partial charge in [-0.3, -0.25) is 4.79 Å². The number of aromatic nitrogens is 1. The van der Waals surface area contributed by atoms with Crippen molar-refractivity contribution in [2.24, 2.45) is 0 Å². The summed E-state index contributed by atoms with van der Waals surface area (Å²) in [5, 5.41) is 0.840. The number of rotatable bonds is 1. The molecule has 0 saturated carbocycles. The molecule has 0 unspecified atom stereocenters. The minimum atomic E-state index is -0.370. The Morgan fingerprint density at radius 2 is 2.12 bits per heavy atom. The highest BCUT2D eigenvalue weighted by molar-refractivity contribution is 6.31. The number of benzene rings is 1. The summed E-state index contributed by atoms with van der Waals surface area (Å²) < 4.78 is 10.4. The summed E-state index contributed by atoms with van der Waals surface area (Å²) in [5.41, 5.74) is 0.703. The average molecular weight is 248 g/mol. The zero-order valence-electron chi connectivity index (χ0n) is 8.51. The van der Waals surface area contributed by atoms with Crippen molar-refractivity contribution in [3.63, 3.8) is 0 Å². The van der Waals surface area contributed by atoms with Crippen molar-refractivity contribution in [1.82, 2.24) is 4.98 Å². The van der Waals surface area contributed by atoms with E-state index in [4.69, 9.17) is 20.4 Å². The van der Waals surface area contributed by atoms with Gasteiger partial charge in [0.25, 0.3) is 5.56 Å². The Balaban J connectivity index is 2.32. The van der Waals surface area contributed by atoms with Crippen molar-refractivity contribution in [2.75, 3.05) is 0 Å². The van der Waals surface area contributed by atoms with Crippen LogP contribution < -0.4 is 5.56 Å². The summed E-state index contributed by atoms with van der Waals surface area (Å²) in [6.07, 6.45) is 2.95. The molecule has 84 valence electrons. The molecule has 0 spiro atoms. The zero-order valence-corrected chi connectivity index (χ0v) is 9.27. The van der Waals surface area contributed by atoms with Gasteiger partial charge in [0.05, 0.1) is 17.2 Å². The Kier molecular flexibility index (Phi) is 2.23. The maximum Gasteiger partial charge on any atom is 0.284 e. The lowest BCUT2D eigenvalue weighted by Gasteiger charge is -1.99. The van der Waals surface area contributed by atoms with E-state index in [1.165, 1.54) is 18.6 Å². The number of hydrogen-bond acceptors (Lipinski definition) is 4. The molecule has 3 rings (SSSR count). The van der Waals surface area contributed by atoms with Crippen LogP contribution in [0.25, 0.3) is 22.4 Å². The largest absolute Gasteiger partial charge is 0.472 e. The topological polar surface area (TPSA) is 56.2 Å². The van der Waals surface area contributed by atoms with Gasteiger partial charge in [-0.05, 0) is 24.3 Å². The van der Waals surface area contributed by atoms with Crippen molar-refractivity contribution in [1.29, 1.82) is 0 Å². The second-order valence-electron chi connectivity index (χ2n) is 3.48. The predicted molar refractivity (Wildman–Crippen MR) is 63.0 cm³/mol. The molecule has 0 N–H and O–H groups in total. The van der Waals surface area contributed by atoms with Crippen LogP contribution in [0.4, 0.5) is 0 Å². The van der Waals surface area contributed by atoms with Crippen LogP contribution in [0.5, 0.6) is 0 Å². The third kappa shape index (κ3) is 1.72. The minimum absolute atomic E-state index is 0.235. The smallest absolute Gasteiger partial charge is 0.284 e. The van der Waals surface area contributed by atoms with Gasteiger partial charge in [-0.15, -0.1) is 0 Å². The number of furan rings is 1. The second-order valence-corrected chi connectivity index (χ2v) is 3.91. The molecule has 2 heterocycles. The highest BCUT2D eigenvalue weighted by Gasteiger charge is 2.09. The van der Waals surface area contributed by atoms with Gasteiger partial charge in [0.2, 0.25) is 5.89 Å². The van der Waals surface area contributed by atoms with Crippen molar-refractivity contribution in [3.05, 3.63) is 52.2 Å². The van der Waals surface area contributed by atoms with Crippen LogP contribution in [-0.4, -0.2) is 4.98 Å². The van der Waals surface area contributed by atoms with Crippen LogP contribution in [0.3, 0.4) is 0 Å². The van der Waals surface area contributed by atoms with Gasteiger partial charge >= 0.3 is 0 Å². The lowest BCUT2D eigenvalue weighted by molar-refractivity contribution is 0.561. The molecule has 4 nitrogen and oxygen atoms in total. The van der Waals surface area contributed by atoms with Crippen LogP contribution in [-0.2, 0) is 0 Å². The van der Waals surface area contributed by atoms with E-state index in [0.29, 0.717) is 21.6 Å². The van der Waals surface area contributed by atoms with E-state index >= 15 is 0 Å². The van der Waals surface area contributed by atoms with Gasteiger partial charge in [-0.1, -0.05) is 11.6 Å². The number of halogens is 1.